The van der Waals surface area contributed by atoms with Gasteiger partial charge in [0.05, 0.1) is 64.2 Å². The summed E-state index contributed by atoms with van der Waals surface area (Å²) < 4.78 is 48.5. The van der Waals surface area contributed by atoms with Crippen molar-refractivity contribution in [3.05, 3.63) is 95.1 Å². The third-order valence-corrected chi connectivity index (χ3v) is 9.78. The number of hydrogen-bond donors (Lipinski definition) is 8. The maximum Gasteiger partial charge on any atom is 0.335 e. The Kier molecular flexibility index (Phi) is 17.5. The lowest BCUT2D eigenvalue weighted by molar-refractivity contribution is -0.432. The monoisotopic (exact) mass is 936 g/mol. The second-order valence-corrected chi connectivity index (χ2v) is 15.7. The molecule has 0 fully saturated rings. The zero-order valence-corrected chi connectivity index (χ0v) is 35.9. The number of aliphatic carboxylic acids is 1. The normalized spacial score (nSPS) is 11.4. The van der Waals surface area contributed by atoms with E-state index in [9.17, 15) is 42.7 Å². The summed E-state index contributed by atoms with van der Waals surface area (Å²) in [4.78, 5) is 47.7. The summed E-state index contributed by atoms with van der Waals surface area (Å²) in [6.45, 7) is 2.80. The Morgan fingerprint density at radius 2 is 1.18 bits per heavy atom. The van der Waals surface area contributed by atoms with Crippen LogP contribution >= 0.6 is 12.0 Å². The highest BCUT2D eigenvalue weighted by molar-refractivity contribution is 7.94. The summed E-state index contributed by atoms with van der Waals surface area (Å²) in [6.07, 6.45) is 0.320. The summed E-state index contributed by atoms with van der Waals surface area (Å²) in [7, 11) is -4.29. The molecule has 0 radical (unpaired) electrons. The largest absolute Gasteiger partial charge is 0.491 e. The molecule has 26 heteroatoms. The standard InChI is InChI=1S/C39H40N10O14S2/c1-22-15-30(32(60-11-5-13-64-63-62-56)19-28(22)48-46-26-9-3-7-24(17-26)35(52)53)41-38-43-37(40-21-34(50)51)44-39(45-38)42-31-16-23(2)29(20-33(31)61-12-6-14-65(57,58)59)49-47-27-10-4-8-25(18-27)36(54)55/h3-4,7-10,15-20,56H,5-6,11-14,21H2,1-2H3,(H,50,51)(H,52,53)(H,54,55)(H,57,58,59)(H3,40,41,42,43,44,45). The summed E-state index contributed by atoms with van der Waals surface area (Å²) in [5.41, 5.74) is 2.87. The van der Waals surface area contributed by atoms with E-state index in [-0.39, 0.29) is 82.9 Å². The predicted molar refractivity (Wildman–Crippen MR) is 234 cm³/mol. The summed E-state index contributed by atoms with van der Waals surface area (Å²) in [5.74, 6) is -3.80. The molecule has 0 saturated carbocycles. The van der Waals surface area contributed by atoms with Gasteiger partial charge in [-0.2, -0.15) is 43.8 Å². The number of aryl methyl sites for hydroxylation is 2. The molecule has 65 heavy (non-hydrogen) atoms. The van der Waals surface area contributed by atoms with Gasteiger partial charge in [-0.15, -0.1) is 4.33 Å². The number of nitrogens with one attached hydrogen (secondary N) is 3. The maximum atomic E-state index is 11.5. The minimum absolute atomic E-state index is 0.000109. The lowest BCUT2D eigenvalue weighted by Gasteiger charge is -2.17. The zero-order valence-electron chi connectivity index (χ0n) is 34.2. The lowest BCUT2D eigenvalue weighted by Crippen LogP contribution is -2.16. The average molecular weight is 937 g/mol. The van der Waals surface area contributed by atoms with Crippen LogP contribution in [0, 0.1) is 13.8 Å². The topological polar surface area (TPSA) is 348 Å². The van der Waals surface area contributed by atoms with Crippen molar-refractivity contribution in [2.75, 3.05) is 47.2 Å². The number of aromatic carboxylic acids is 2. The van der Waals surface area contributed by atoms with E-state index in [1.54, 1.807) is 44.2 Å². The number of hydrogen-bond acceptors (Lipinski definition) is 21. The third-order valence-electron chi connectivity index (χ3n) is 8.37. The molecule has 1 heterocycles. The van der Waals surface area contributed by atoms with Gasteiger partial charge in [0, 0.05) is 29.9 Å². The van der Waals surface area contributed by atoms with E-state index in [0.717, 1.165) is 12.0 Å². The summed E-state index contributed by atoms with van der Waals surface area (Å²) >= 11 is 0.835. The van der Waals surface area contributed by atoms with E-state index in [1.165, 1.54) is 42.5 Å². The van der Waals surface area contributed by atoms with Gasteiger partial charge < -0.3 is 40.7 Å². The molecule has 0 aliphatic rings. The van der Waals surface area contributed by atoms with E-state index >= 15 is 0 Å². The molecule has 24 nitrogen and oxygen atoms in total. The van der Waals surface area contributed by atoms with Crippen molar-refractivity contribution >= 4 is 92.0 Å². The molecule has 8 N–H and O–H groups in total. The van der Waals surface area contributed by atoms with Gasteiger partial charge in [-0.25, -0.2) is 14.8 Å². The first kappa shape index (κ1) is 48.7. The number of nitrogens with zero attached hydrogens (tertiary/aromatic N) is 7. The van der Waals surface area contributed by atoms with Gasteiger partial charge in [-0.1, -0.05) is 17.2 Å². The Labute approximate surface area is 373 Å². The number of anilines is 5. The van der Waals surface area contributed by atoms with Crippen LogP contribution < -0.4 is 25.4 Å². The average Bonchev–Trinajstić information content (AvgIpc) is 3.25. The molecule has 342 valence electrons. The molecule has 0 spiro atoms. The summed E-state index contributed by atoms with van der Waals surface area (Å²) in [5, 5.41) is 65.9. The highest BCUT2D eigenvalue weighted by atomic mass is 32.2. The molecule has 0 aliphatic carbocycles. The van der Waals surface area contributed by atoms with Crippen LogP contribution in [0.1, 0.15) is 44.7 Å². The lowest BCUT2D eigenvalue weighted by atomic mass is 10.1. The van der Waals surface area contributed by atoms with E-state index in [2.05, 4.69) is 60.7 Å². The first-order valence-corrected chi connectivity index (χ1v) is 21.4. The summed E-state index contributed by atoms with van der Waals surface area (Å²) in [6, 6.07) is 18.0. The number of benzene rings is 4. The molecule has 0 unspecified atom stereocenters. The van der Waals surface area contributed by atoms with E-state index in [1.807, 2.05) is 0 Å². The first-order chi connectivity index (χ1) is 31.1. The maximum absolute atomic E-state index is 11.5. The third kappa shape index (κ3) is 15.7. The second-order valence-electron chi connectivity index (χ2n) is 13.3. The Bertz CT molecular complexity index is 2690. The van der Waals surface area contributed by atoms with Crippen LogP contribution in [0.2, 0.25) is 0 Å². The molecule has 0 bridgehead atoms. The van der Waals surface area contributed by atoms with E-state index in [4.69, 9.17) is 14.7 Å². The van der Waals surface area contributed by atoms with Crippen molar-refractivity contribution in [2.45, 2.75) is 26.7 Å². The molecule has 0 atom stereocenters. The van der Waals surface area contributed by atoms with Gasteiger partial charge in [0.15, 0.2) is 0 Å². The number of carboxylic acid groups (broad SMARTS) is 3. The van der Waals surface area contributed by atoms with E-state index < -0.39 is 40.3 Å². The van der Waals surface area contributed by atoms with Gasteiger partial charge in [0.1, 0.15) is 18.0 Å². The molecule has 0 aliphatic heterocycles. The Morgan fingerprint density at radius 3 is 1.65 bits per heavy atom. The van der Waals surface area contributed by atoms with Crippen LogP contribution in [0.15, 0.2) is 93.3 Å². The van der Waals surface area contributed by atoms with Crippen molar-refractivity contribution in [3.63, 3.8) is 0 Å². The van der Waals surface area contributed by atoms with Crippen LogP contribution in [-0.2, 0) is 24.3 Å². The van der Waals surface area contributed by atoms with Crippen molar-refractivity contribution in [1.29, 1.82) is 0 Å². The number of ether oxygens (including phenoxy) is 2. The highest BCUT2D eigenvalue weighted by Crippen LogP contribution is 2.38. The van der Waals surface area contributed by atoms with E-state index in [0.29, 0.717) is 34.7 Å². The number of azo groups is 2. The predicted octanol–water partition coefficient (Wildman–Crippen LogP) is 8.19. The van der Waals surface area contributed by atoms with Crippen LogP contribution in [-0.4, -0.2) is 97.7 Å². The number of carbonyl (C=O) groups is 3. The molecule has 5 aromatic rings. The van der Waals surface area contributed by atoms with Gasteiger partial charge in [-0.3, -0.25) is 9.35 Å². The van der Waals surface area contributed by atoms with Crippen LogP contribution in [0.25, 0.3) is 0 Å². The van der Waals surface area contributed by atoms with Crippen molar-refractivity contribution in [3.8, 4) is 11.5 Å². The Balaban J connectivity index is 1.50. The van der Waals surface area contributed by atoms with Crippen molar-refractivity contribution in [1.82, 2.24) is 15.0 Å². The van der Waals surface area contributed by atoms with Crippen LogP contribution in [0.4, 0.5) is 52.0 Å². The Hall–Kier alpha value is -7.36. The quantitative estimate of drug-likeness (QED) is 0.00682. The molecule has 4 aromatic carbocycles. The van der Waals surface area contributed by atoms with Gasteiger partial charge in [0.2, 0.25) is 17.8 Å². The second kappa shape index (κ2) is 23.4. The molecule has 1 aromatic heterocycles. The number of aromatic nitrogens is 3. The Morgan fingerprint density at radius 1 is 0.692 bits per heavy atom. The fourth-order valence-electron chi connectivity index (χ4n) is 5.37. The molecule has 0 saturated heterocycles. The van der Waals surface area contributed by atoms with Gasteiger partial charge >= 0.3 is 17.9 Å². The van der Waals surface area contributed by atoms with Crippen molar-refractivity contribution in [2.24, 2.45) is 20.5 Å². The molecular formula is C39H40N10O14S2. The fraction of sp³-hybridized carbons (Fsp3) is 0.231. The molecular weight excluding hydrogens is 897 g/mol. The zero-order chi connectivity index (χ0) is 46.9. The van der Waals surface area contributed by atoms with Gasteiger partial charge in [0.25, 0.3) is 10.1 Å². The SMILES string of the molecule is Cc1cc(Nc2nc(NCC(=O)O)nc(Nc3cc(C)c(N=Nc4cccc(C(=O)O)c4)cc3OCCCS(=O)(=O)O)n2)c(OCCCSOOO)cc1N=Nc1cccc(C(=O)O)c1. The van der Waals surface area contributed by atoms with Crippen LogP contribution in [0.3, 0.4) is 0 Å². The minimum Gasteiger partial charge on any atom is -0.491 e. The van der Waals surface area contributed by atoms with Gasteiger partial charge in [-0.05, 0) is 86.3 Å². The molecule has 5 rings (SSSR count). The molecule has 0 amide bonds. The number of rotatable bonds is 25. The highest BCUT2D eigenvalue weighted by Gasteiger charge is 2.17. The van der Waals surface area contributed by atoms with Crippen molar-refractivity contribution < 1.29 is 66.8 Å². The van der Waals surface area contributed by atoms with Crippen LogP contribution in [0.5, 0.6) is 11.5 Å². The number of carboxylic acids is 3. The first-order valence-electron chi connectivity index (χ1n) is 18.9. The fourth-order valence-corrected chi connectivity index (χ4v) is 6.20. The minimum atomic E-state index is -4.29. The smallest absolute Gasteiger partial charge is 0.335 e.